The van der Waals surface area contributed by atoms with E-state index in [1.54, 1.807) is 36.4 Å². The molecule has 1 amide bonds. The summed E-state index contributed by atoms with van der Waals surface area (Å²) in [6.07, 6.45) is -5.14. The fourth-order valence-electron chi connectivity index (χ4n) is 5.18. The van der Waals surface area contributed by atoms with E-state index in [9.17, 15) is 18.0 Å². The van der Waals surface area contributed by atoms with E-state index in [0.717, 1.165) is 11.6 Å². The molecule has 0 radical (unpaired) electrons. The lowest BCUT2D eigenvalue weighted by atomic mass is 9.82. The highest BCUT2D eigenvalue weighted by Crippen LogP contribution is 2.45. The van der Waals surface area contributed by atoms with E-state index in [-0.39, 0.29) is 36.1 Å². The molecule has 7 nitrogen and oxygen atoms in total. The maximum Gasteiger partial charge on any atom is 0.416 e. The van der Waals surface area contributed by atoms with Crippen LogP contribution in [0.1, 0.15) is 40.3 Å². The summed E-state index contributed by atoms with van der Waals surface area (Å²) in [4.78, 5) is 19.3. The minimum atomic E-state index is -4.57. The van der Waals surface area contributed by atoms with Gasteiger partial charge in [0.05, 0.1) is 12.2 Å². The van der Waals surface area contributed by atoms with Crippen LogP contribution in [0.3, 0.4) is 0 Å². The van der Waals surface area contributed by atoms with Crippen molar-refractivity contribution in [1.82, 2.24) is 10.9 Å². The van der Waals surface area contributed by atoms with Crippen LogP contribution in [0, 0.1) is 0 Å². The summed E-state index contributed by atoms with van der Waals surface area (Å²) in [6, 6.07) is 24.1. The number of carbonyl (C=O) groups is 1. The second-order valence-electron chi connectivity index (χ2n) is 10.7. The van der Waals surface area contributed by atoms with Gasteiger partial charge in [-0.15, -0.1) is 0 Å². The molecule has 1 heterocycles. The van der Waals surface area contributed by atoms with Crippen molar-refractivity contribution in [2.75, 3.05) is 13.2 Å². The predicted molar refractivity (Wildman–Crippen MR) is 177 cm³/mol. The van der Waals surface area contributed by atoms with E-state index in [1.807, 2.05) is 24.3 Å². The van der Waals surface area contributed by atoms with Crippen LogP contribution >= 0.6 is 39.1 Å². The van der Waals surface area contributed by atoms with Crippen LogP contribution < -0.4 is 15.6 Å². The predicted octanol–water partition coefficient (Wildman–Crippen LogP) is 7.86. The molecule has 4 aromatic rings. The van der Waals surface area contributed by atoms with Crippen molar-refractivity contribution in [1.29, 1.82) is 0 Å². The van der Waals surface area contributed by atoms with E-state index < -0.39 is 29.3 Å². The average Bonchev–Trinajstić information content (AvgIpc) is 3.42. The van der Waals surface area contributed by atoms with Crippen LogP contribution in [0.4, 0.5) is 13.2 Å². The highest BCUT2D eigenvalue weighted by Gasteiger charge is 2.54. The summed E-state index contributed by atoms with van der Waals surface area (Å²) < 4.78 is 53.7. The Morgan fingerprint density at radius 2 is 1.70 bits per heavy atom. The molecule has 0 saturated carbocycles. The molecule has 1 aliphatic rings. The molecule has 2 atom stereocenters. The number of carbonyl (C=O) groups excluding carboxylic acids is 1. The van der Waals surface area contributed by atoms with Crippen molar-refractivity contribution in [2.45, 2.75) is 37.2 Å². The molecule has 0 aliphatic carbocycles. The van der Waals surface area contributed by atoms with E-state index in [1.165, 1.54) is 24.3 Å². The number of ether oxygens (including phenoxy) is 2. The second-order valence-corrected chi connectivity index (χ2v) is 12.4. The van der Waals surface area contributed by atoms with E-state index in [4.69, 9.17) is 42.8 Å². The summed E-state index contributed by atoms with van der Waals surface area (Å²) in [5.41, 5.74) is 4.42. The van der Waals surface area contributed by atoms with Gasteiger partial charge in [-0.3, -0.25) is 10.2 Å². The number of nitrogens with one attached hydrogen (secondary N) is 2. The number of alkyl halides is 3. The number of hydrogen-bond acceptors (Lipinski definition) is 6. The lowest BCUT2D eigenvalue weighted by Gasteiger charge is -2.31. The molecule has 0 aromatic heterocycles. The van der Waals surface area contributed by atoms with Gasteiger partial charge >= 0.3 is 6.18 Å². The lowest BCUT2D eigenvalue weighted by Crippen LogP contribution is -2.53. The summed E-state index contributed by atoms with van der Waals surface area (Å²) in [6.45, 7) is 0.0247. The Bertz CT molecular complexity index is 1760. The fourth-order valence-corrected chi connectivity index (χ4v) is 6.12. The molecule has 47 heavy (non-hydrogen) atoms. The van der Waals surface area contributed by atoms with Crippen molar-refractivity contribution < 1.29 is 32.5 Å². The molecule has 13 heteroatoms. The average molecular weight is 751 g/mol. The Morgan fingerprint density at radius 3 is 2.38 bits per heavy atom. The maximum atomic E-state index is 14.4. The number of benzene rings is 4. The first-order valence-corrected chi connectivity index (χ1v) is 16.0. The lowest BCUT2D eigenvalue weighted by molar-refractivity contribution is -0.138. The molecular formula is C34H29BrCl2F3N3O4. The molecule has 0 spiro atoms. The summed E-state index contributed by atoms with van der Waals surface area (Å²) in [7, 11) is 0. The Balaban J connectivity index is 1.55. The van der Waals surface area contributed by atoms with Crippen LogP contribution in [0.25, 0.3) is 0 Å². The van der Waals surface area contributed by atoms with Gasteiger partial charge in [0.25, 0.3) is 5.91 Å². The van der Waals surface area contributed by atoms with E-state index in [0.29, 0.717) is 39.4 Å². The number of hydrogen-bond donors (Lipinski definition) is 3. The van der Waals surface area contributed by atoms with Crippen molar-refractivity contribution in [3.8, 4) is 5.75 Å². The van der Waals surface area contributed by atoms with Crippen molar-refractivity contribution >= 4 is 50.9 Å². The van der Waals surface area contributed by atoms with Gasteiger partial charge in [0.15, 0.2) is 11.6 Å². The highest BCUT2D eigenvalue weighted by molar-refractivity contribution is 9.10. The SMILES string of the molecule is O=C(NNCc1ccccc1C(F)(F)F)[C@@]1(Cc2ccccc2Br)N=C(c2ccc(OCCCO)cc2)O[C@H]1c1ccc(Cl)cc1Cl. The van der Waals surface area contributed by atoms with Gasteiger partial charge in [-0.05, 0) is 59.7 Å². The number of rotatable bonds is 12. The Morgan fingerprint density at radius 1 is 1.00 bits per heavy atom. The number of hydrazine groups is 1. The third kappa shape index (κ3) is 8.10. The van der Waals surface area contributed by atoms with E-state index in [2.05, 4.69) is 26.8 Å². The van der Waals surface area contributed by atoms with Gasteiger partial charge in [-0.1, -0.05) is 81.6 Å². The molecule has 1 aliphatic heterocycles. The fraction of sp³-hybridized carbons (Fsp3) is 0.235. The molecule has 3 N–H and O–H groups in total. The molecule has 5 rings (SSSR count). The summed E-state index contributed by atoms with van der Waals surface area (Å²) >= 11 is 16.5. The molecule has 0 bridgehead atoms. The Hall–Kier alpha value is -3.61. The number of nitrogens with zero attached hydrogens (tertiary/aromatic N) is 1. The standard InChI is InChI=1S/C34H29BrCl2F3N3O4/c35-28-9-4-2-6-22(28)19-33(32(45)43-41-20-23-7-1-3-8-27(23)34(38,39)40)30(26-15-12-24(36)18-29(26)37)47-31(42-33)21-10-13-25(14-11-21)46-17-5-16-44/h1-4,6-15,18,30,41,44H,5,16-17,19-20H2,(H,43,45)/t30-,33-/m0/s1. The normalized spacial score (nSPS) is 17.6. The number of aliphatic hydroxyl groups excluding tert-OH is 1. The molecule has 0 fully saturated rings. The Labute approximate surface area is 287 Å². The minimum Gasteiger partial charge on any atom is -0.494 e. The van der Waals surface area contributed by atoms with Crippen molar-refractivity contribution in [3.05, 3.63) is 133 Å². The molecule has 4 aromatic carbocycles. The zero-order valence-corrected chi connectivity index (χ0v) is 27.8. The van der Waals surface area contributed by atoms with Crippen LogP contribution in [0.5, 0.6) is 5.75 Å². The molecule has 0 saturated heterocycles. The molecular weight excluding hydrogens is 722 g/mol. The first-order valence-electron chi connectivity index (χ1n) is 14.5. The quantitative estimate of drug-likeness (QED) is 0.101. The van der Waals surface area contributed by atoms with Crippen molar-refractivity contribution in [2.24, 2.45) is 4.99 Å². The largest absolute Gasteiger partial charge is 0.494 e. The van der Waals surface area contributed by atoms with Gasteiger partial charge in [-0.2, -0.15) is 13.2 Å². The molecule has 0 unspecified atom stereocenters. The third-order valence-corrected chi connectivity index (χ3v) is 8.83. The number of aliphatic imine (C=N–C) groups is 1. The van der Waals surface area contributed by atoms with Gasteiger partial charge in [0, 0.05) is 51.6 Å². The maximum absolute atomic E-state index is 14.4. The number of amides is 1. The van der Waals surface area contributed by atoms with Crippen LogP contribution in [0.2, 0.25) is 10.0 Å². The first kappa shape index (κ1) is 34.7. The number of halogens is 6. The smallest absolute Gasteiger partial charge is 0.416 e. The van der Waals surface area contributed by atoms with Crippen molar-refractivity contribution in [3.63, 3.8) is 0 Å². The van der Waals surface area contributed by atoms with Crippen LogP contribution in [0.15, 0.2) is 100 Å². The highest BCUT2D eigenvalue weighted by atomic mass is 79.9. The van der Waals surface area contributed by atoms with Crippen LogP contribution in [-0.4, -0.2) is 35.7 Å². The summed E-state index contributed by atoms with van der Waals surface area (Å²) in [5.74, 6) is 0.0546. The van der Waals surface area contributed by atoms with Gasteiger partial charge in [-0.25, -0.2) is 10.4 Å². The second kappa shape index (κ2) is 15.1. The van der Waals surface area contributed by atoms with Gasteiger partial charge in [0.1, 0.15) is 5.75 Å². The minimum absolute atomic E-state index is 0.00273. The topological polar surface area (TPSA) is 92.2 Å². The van der Waals surface area contributed by atoms with Gasteiger partial charge < -0.3 is 14.6 Å². The number of aliphatic hydroxyl groups is 1. The van der Waals surface area contributed by atoms with Gasteiger partial charge in [0.2, 0.25) is 5.90 Å². The van der Waals surface area contributed by atoms with Crippen LogP contribution in [-0.2, 0) is 28.7 Å². The Kier molecular flexibility index (Phi) is 11.1. The summed E-state index contributed by atoms with van der Waals surface area (Å²) in [5, 5.41) is 9.66. The third-order valence-electron chi connectivity index (χ3n) is 7.50. The van der Waals surface area contributed by atoms with E-state index >= 15 is 0 Å². The monoisotopic (exact) mass is 749 g/mol. The zero-order chi connectivity index (χ0) is 33.6. The molecule has 246 valence electrons. The zero-order valence-electron chi connectivity index (χ0n) is 24.7. The first-order chi connectivity index (χ1) is 22.5.